The van der Waals surface area contributed by atoms with Gasteiger partial charge in [-0.25, -0.2) is 5.11 Å². The van der Waals surface area contributed by atoms with Crippen LogP contribution in [0.25, 0.3) is 0 Å². The van der Waals surface area contributed by atoms with Gasteiger partial charge in [-0.15, -0.1) is 5.92 Å². The van der Waals surface area contributed by atoms with Gasteiger partial charge < -0.3 is 0 Å². The number of hydrogen-bond donors (Lipinski definition) is 0. The van der Waals surface area contributed by atoms with Gasteiger partial charge in [-0.2, -0.15) is 0 Å². The summed E-state index contributed by atoms with van der Waals surface area (Å²) in [7, 11) is 0. The van der Waals surface area contributed by atoms with Gasteiger partial charge in [0.25, 0.3) is 0 Å². The maximum absolute atomic E-state index is 10.7. The Kier molecular flexibility index (Phi) is 5.35. The SMILES string of the molecule is CC#CC([O])CCCC. The van der Waals surface area contributed by atoms with Crippen LogP contribution in [-0.4, -0.2) is 6.10 Å². The number of rotatable bonds is 3. The van der Waals surface area contributed by atoms with Gasteiger partial charge in [-0.05, 0) is 13.3 Å². The molecule has 0 fully saturated rings. The van der Waals surface area contributed by atoms with Crippen LogP contribution >= 0.6 is 0 Å². The summed E-state index contributed by atoms with van der Waals surface area (Å²) < 4.78 is 0. The first-order chi connectivity index (χ1) is 4.31. The lowest BCUT2D eigenvalue weighted by Crippen LogP contribution is -1.98. The Labute approximate surface area is 57.1 Å². The Balaban J connectivity index is 3.23. The number of hydrogen-bond acceptors (Lipinski definition) is 0. The van der Waals surface area contributed by atoms with E-state index in [2.05, 4.69) is 18.8 Å². The van der Waals surface area contributed by atoms with Gasteiger partial charge in [-0.3, -0.25) is 0 Å². The van der Waals surface area contributed by atoms with Crippen molar-refractivity contribution in [3.63, 3.8) is 0 Å². The predicted octanol–water partition coefficient (Wildman–Crippen LogP) is 2.00. The summed E-state index contributed by atoms with van der Waals surface area (Å²) in [5.41, 5.74) is 0. The van der Waals surface area contributed by atoms with E-state index in [4.69, 9.17) is 0 Å². The number of unbranched alkanes of at least 4 members (excludes halogenated alkanes) is 1. The predicted molar refractivity (Wildman–Crippen MR) is 37.4 cm³/mol. The molecule has 1 heteroatoms. The molecule has 0 aliphatic rings. The molecule has 1 atom stereocenters. The molecule has 0 N–H and O–H groups in total. The first kappa shape index (κ1) is 8.52. The van der Waals surface area contributed by atoms with Crippen LogP contribution in [0.2, 0.25) is 0 Å². The first-order valence-electron chi connectivity index (χ1n) is 3.39. The molecule has 1 unspecified atom stereocenters. The van der Waals surface area contributed by atoms with Crippen LogP contribution in [-0.2, 0) is 5.11 Å². The molecule has 0 saturated heterocycles. The summed E-state index contributed by atoms with van der Waals surface area (Å²) in [5, 5.41) is 10.7. The van der Waals surface area contributed by atoms with E-state index in [1.54, 1.807) is 6.92 Å². The zero-order valence-electron chi connectivity index (χ0n) is 6.11. The molecule has 0 saturated carbocycles. The minimum Gasteiger partial charge on any atom is -0.219 e. The molecule has 1 nitrogen and oxygen atoms in total. The van der Waals surface area contributed by atoms with Crippen LogP contribution in [0.5, 0.6) is 0 Å². The molecule has 9 heavy (non-hydrogen) atoms. The Hall–Kier alpha value is -0.480. The summed E-state index contributed by atoms with van der Waals surface area (Å²) >= 11 is 0. The third-order valence-electron chi connectivity index (χ3n) is 1.13. The van der Waals surface area contributed by atoms with E-state index in [-0.39, 0.29) is 0 Å². The lowest BCUT2D eigenvalue weighted by atomic mass is 10.2. The molecular formula is C8H13O. The highest BCUT2D eigenvalue weighted by molar-refractivity contribution is 5.01. The molecule has 0 aliphatic carbocycles. The standard InChI is InChI=1S/C8H13O/c1-3-5-7-8(9)6-4-2/h8H,3,5,7H2,1-2H3. The van der Waals surface area contributed by atoms with Gasteiger partial charge in [0.15, 0.2) is 6.10 Å². The highest BCUT2D eigenvalue weighted by Gasteiger charge is 1.97. The molecule has 0 aromatic heterocycles. The molecule has 51 valence electrons. The third kappa shape index (κ3) is 5.39. The lowest BCUT2D eigenvalue weighted by Gasteiger charge is -1.95. The van der Waals surface area contributed by atoms with Crippen molar-refractivity contribution in [3.05, 3.63) is 0 Å². The fourth-order valence-corrected chi connectivity index (χ4v) is 0.623. The molecule has 0 heterocycles. The molecule has 0 rings (SSSR count). The topological polar surface area (TPSA) is 19.9 Å². The normalized spacial score (nSPS) is 11.9. The van der Waals surface area contributed by atoms with Crippen LogP contribution in [0.1, 0.15) is 33.1 Å². The molecule has 0 aromatic rings. The van der Waals surface area contributed by atoms with Crippen molar-refractivity contribution in [2.24, 2.45) is 0 Å². The highest BCUT2D eigenvalue weighted by Crippen LogP contribution is 1.98. The minimum absolute atomic E-state index is 0.644. The molecule has 1 radical (unpaired) electrons. The summed E-state index contributed by atoms with van der Waals surface area (Å²) in [6, 6.07) is 0. The summed E-state index contributed by atoms with van der Waals surface area (Å²) in [6.07, 6.45) is 2.15. The second-order valence-electron chi connectivity index (χ2n) is 2.03. The quantitative estimate of drug-likeness (QED) is 0.514. The van der Waals surface area contributed by atoms with Crippen molar-refractivity contribution in [2.75, 3.05) is 0 Å². The molecule has 0 spiro atoms. The van der Waals surface area contributed by atoms with Crippen LogP contribution in [0.4, 0.5) is 0 Å². The van der Waals surface area contributed by atoms with Crippen molar-refractivity contribution in [1.29, 1.82) is 0 Å². The summed E-state index contributed by atoms with van der Waals surface area (Å²) in [5.74, 6) is 5.19. The molecular weight excluding hydrogens is 112 g/mol. The lowest BCUT2D eigenvalue weighted by molar-refractivity contribution is 0.128. The van der Waals surface area contributed by atoms with Crippen LogP contribution in [0, 0.1) is 11.8 Å². The van der Waals surface area contributed by atoms with Crippen LogP contribution in [0.15, 0.2) is 0 Å². The second kappa shape index (κ2) is 5.65. The highest BCUT2D eigenvalue weighted by atomic mass is 16.3. The van der Waals surface area contributed by atoms with Gasteiger partial charge in [-0.1, -0.05) is 25.7 Å². The van der Waals surface area contributed by atoms with E-state index >= 15 is 0 Å². The Morgan fingerprint density at radius 3 is 2.67 bits per heavy atom. The van der Waals surface area contributed by atoms with Gasteiger partial charge in [0.1, 0.15) is 0 Å². The smallest absolute Gasteiger partial charge is 0.153 e. The second-order valence-corrected chi connectivity index (χ2v) is 2.03. The van der Waals surface area contributed by atoms with Crippen molar-refractivity contribution >= 4 is 0 Å². The zero-order chi connectivity index (χ0) is 7.11. The minimum atomic E-state index is -0.644. The summed E-state index contributed by atoms with van der Waals surface area (Å²) in [4.78, 5) is 0. The van der Waals surface area contributed by atoms with Gasteiger partial charge in [0, 0.05) is 0 Å². The molecule has 0 aromatic carbocycles. The van der Waals surface area contributed by atoms with E-state index in [0.29, 0.717) is 6.42 Å². The van der Waals surface area contributed by atoms with E-state index in [1.807, 2.05) is 0 Å². The maximum Gasteiger partial charge on any atom is 0.153 e. The van der Waals surface area contributed by atoms with E-state index < -0.39 is 6.10 Å². The monoisotopic (exact) mass is 125 g/mol. The largest absolute Gasteiger partial charge is 0.219 e. The van der Waals surface area contributed by atoms with E-state index in [1.165, 1.54) is 0 Å². The van der Waals surface area contributed by atoms with Crippen LogP contribution < -0.4 is 0 Å². The maximum atomic E-state index is 10.7. The van der Waals surface area contributed by atoms with E-state index in [9.17, 15) is 5.11 Å². The van der Waals surface area contributed by atoms with Crippen molar-refractivity contribution in [3.8, 4) is 11.8 Å². The molecule has 0 amide bonds. The summed E-state index contributed by atoms with van der Waals surface area (Å²) in [6.45, 7) is 3.78. The van der Waals surface area contributed by atoms with Gasteiger partial charge >= 0.3 is 0 Å². The average Bonchev–Trinajstić information content (AvgIpc) is 1.85. The van der Waals surface area contributed by atoms with Gasteiger partial charge in [0.2, 0.25) is 0 Å². The van der Waals surface area contributed by atoms with Gasteiger partial charge in [0.05, 0.1) is 0 Å². The molecule has 0 aliphatic heterocycles. The zero-order valence-corrected chi connectivity index (χ0v) is 6.11. The van der Waals surface area contributed by atoms with Crippen molar-refractivity contribution in [1.82, 2.24) is 0 Å². The van der Waals surface area contributed by atoms with Crippen molar-refractivity contribution in [2.45, 2.75) is 39.2 Å². The Bertz CT molecular complexity index is 107. The third-order valence-corrected chi connectivity index (χ3v) is 1.13. The molecule has 0 bridgehead atoms. The average molecular weight is 125 g/mol. The van der Waals surface area contributed by atoms with Crippen molar-refractivity contribution < 1.29 is 5.11 Å². The Morgan fingerprint density at radius 2 is 2.22 bits per heavy atom. The fourth-order valence-electron chi connectivity index (χ4n) is 0.623. The van der Waals surface area contributed by atoms with Crippen LogP contribution in [0.3, 0.4) is 0 Å². The first-order valence-corrected chi connectivity index (χ1v) is 3.39. The fraction of sp³-hybridized carbons (Fsp3) is 0.750. The Morgan fingerprint density at radius 1 is 1.56 bits per heavy atom. The van der Waals surface area contributed by atoms with E-state index in [0.717, 1.165) is 12.8 Å².